The van der Waals surface area contributed by atoms with E-state index >= 15 is 0 Å². The van der Waals surface area contributed by atoms with Gasteiger partial charge in [0.1, 0.15) is 11.9 Å². The van der Waals surface area contributed by atoms with Gasteiger partial charge in [0.25, 0.3) is 0 Å². The van der Waals surface area contributed by atoms with Crippen LogP contribution in [-0.4, -0.2) is 46.2 Å². The number of hydrogen-bond donors (Lipinski definition) is 1. The van der Waals surface area contributed by atoms with Crippen molar-refractivity contribution in [3.8, 4) is 0 Å². The first-order valence-corrected chi connectivity index (χ1v) is 8.11. The Balaban J connectivity index is 1.99. The first-order chi connectivity index (χ1) is 9.76. The summed E-state index contributed by atoms with van der Waals surface area (Å²) in [4.78, 5) is 11.7. The molecular formula is C13H22N4O2S. The second-order valence-corrected chi connectivity index (χ2v) is 5.79. The Morgan fingerprint density at radius 3 is 3.05 bits per heavy atom. The van der Waals surface area contributed by atoms with Crippen LogP contribution in [-0.2, 0) is 22.5 Å². The molecule has 0 saturated heterocycles. The first-order valence-electron chi connectivity index (χ1n) is 7.12. The highest BCUT2D eigenvalue weighted by Crippen LogP contribution is 2.22. The summed E-state index contributed by atoms with van der Waals surface area (Å²) in [6.45, 7) is 3.69. The number of nitrogens with one attached hydrogen (secondary N) is 1. The molecular weight excluding hydrogens is 276 g/mol. The number of nitrogens with zero attached hydrogens (tertiary/aromatic N) is 3. The van der Waals surface area contributed by atoms with Crippen molar-refractivity contribution in [2.45, 2.75) is 50.4 Å². The Kier molecular flexibility index (Phi) is 5.85. The van der Waals surface area contributed by atoms with Crippen molar-refractivity contribution < 1.29 is 9.53 Å². The molecule has 2 rings (SSSR count). The van der Waals surface area contributed by atoms with Gasteiger partial charge in [-0.05, 0) is 19.4 Å². The van der Waals surface area contributed by atoms with E-state index in [0.29, 0.717) is 5.75 Å². The van der Waals surface area contributed by atoms with Gasteiger partial charge in [0.2, 0.25) is 0 Å². The number of ether oxygens (including phenoxy) is 1. The topological polar surface area (TPSA) is 69.0 Å². The zero-order valence-corrected chi connectivity index (χ0v) is 12.9. The maximum atomic E-state index is 11.7. The third-order valence-electron chi connectivity index (χ3n) is 3.39. The minimum atomic E-state index is -0.297. The van der Waals surface area contributed by atoms with E-state index in [1.165, 1.54) is 26.4 Å². The quantitative estimate of drug-likeness (QED) is 0.629. The molecule has 0 fully saturated rings. The zero-order chi connectivity index (χ0) is 14.4. The van der Waals surface area contributed by atoms with E-state index in [-0.39, 0.29) is 12.0 Å². The number of carbonyl (C=O) groups is 1. The van der Waals surface area contributed by atoms with E-state index in [1.54, 1.807) is 11.8 Å². The fourth-order valence-electron chi connectivity index (χ4n) is 2.32. The Labute approximate surface area is 123 Å². The lowest BCUT2D eigenvalue weighted by atomic mass is 10.2. The van der Waals surface area contributed by atoms with E-state index in [2.05, 4.69) is 20.1 Å². The number of thioether (sulfide) groups is 1. The number of carbonyl (C=O) groups excluding carboxylic acids is 1. The molecule has 1 aromatic heterocycles. The van der Waals surface area contributed by atoms with E-state index in [0.717, 1.165) is 30.5 Å². The summed E-state index contributed by atoms with van der Waals surface area (Å²) in [7, 11) is 1.42. The number of aromatic nitrogens is 3. The van der Waals surface area contributed by atoms with E-state index < -0.39 is 0 Å². The standard InChI is InChI=1S/C13H22N4O2S/c1-3-14-10(12(18)19-2)9-20-13-16-15-11-7-5-4-6-8-17(11)13/h10,14H,3-9H2,1-2H3. The van der Waals surface area contributed by atoms with Crippen molar-refractivity contribution in [3.63, 3.8) is 0 Å². The minimum Gasteiger partial charge on any atom is -0.468 e. The van der Waals surface area contributed by atoms with Gasteiger partial charge in [-0.1, -0.05) is 25.1 Å². The van der Waals surface area contributed by atoms with Crippen LogP contribution in [0.3, 0.4) is 0 Å². The molecule has 2 heterocycles. The second kappa shape index (κ2) is 7.64. The smallest absolute Gasteiger partial charge is 0.323 e. The molecule has 1 unspecified atom stereocenters. The molecule has 6 nitrogen and oxygen atoms in total. The number of rotatable bonds is 6. The summed E-state index contributed by atoms with van der Waals surface area (Å²) in [6.07, 6.45) is 4.61. The number of hydrogen-bond acceptors (Lipinski definition) is 6. The molecule has 0 aromatic carbocycles. The van der Waals surface area contributed by atoms with Crippen molar-refractivity contribution in [1.29, 1.82) is 0 Å². The van der Waals surface area contributed by atoms with Crippen molar-refractivity contribution in [2.75, 3.05) is 19.4 Å². The predicted octanol–water partition coefficient (Wildman–Crippen LogP) is 1.25. The average Bonchev–Trinajstić information content (AvgIpc) is 2.70. The third-order valence-corrected chi connectivity index (χ3v) is 4.45. The van der Waals surface area contributed by atoms with Crippen LogP contribution in [0.15, 0.2) is 5.16 Å². The number of methoxy groups -OCH3 is 1. The van der Waals surface area contributed by atoms with Crippen LogP contribution < -0.4 is 5.32 Å². The van der Waals surface area contributed by atoms with Gasteiger partial charge >= 0.3 is 5.97 Å². The van der Waals surface area contributed by atoms with Gasteiger partial charge in [-0.25, -0.2) is 0 Å². The van der Waals surface area contributed by atoms with Crippen LogP contribution in [0.1, 0.15) is 32.0 Å². The van der Waals surface area contributed by atoms with Gasteiger partial charge in [-0.2, -0.15) is 0 Å². The molecule has 1 aromatic rings. The molecule has 0 amide bonds. The average molecular weight is 298 g/mol. The van der Waals surface area contributed by atoms with Gasteiger partial charge in [-0.15, -0.1) is 10.2 Å². The van der Waals surface area contributed by atoms with Crippen LogP contribution >= 0.6 is 11.8 Å². The third kappa shape index (κ3) is 3.73. The molecule has 1 aliphatic heterocycles. The van der Waals surface area contributed by atoms with Crippen molar-refractivity contribution in [2.24, 2.45) is 0 Å². The van der Waals surface area contributed by atoms with Gasteiger partial charge in [0.05, 0.1) is 7.11 Å². The molecule has 0 spiro atoms. The van der Waals surface area contributed by atoms with Gasteiger partial charge in [-0.3, -0.25) is 4.79 Å². The zero-order valence-electron chi connectivity index (χ0n) is 12.1. The number of likely N-dealkylation sites (N-methyl/N-ethyl adjacent to an activating group) is 1. The number of fused-ring (bicyclic) bond motifs is 1. The summed E-state index contributed by atoms with van der Waals surface area (Å²) >= 11 is 1.57. The van der Waals surface area contributed by atoms with Crippen LogP contribution in [0, 0.1) is 0 Å². The summed E-state index contributed by atoms with van der Waals surface area (Å²) in [5.41, 5.74) is 0. The van der Waals surface area contributed by atoms with Crippen LogP contribution in [0.4, 0.5) is 0 Å². The minimum absolute atomic E-state index is 0.227. The van der Waals surface area contributed by atoms with Crippen molar-refractivity contribution in [1.82, 2.24) is 20.1 Å². The predicted molar refractivity (Wildman–Crippen MR) is 77.8 cm³/mol. The molecule has 7 heteroatoms. The SMILES string of the molecule is CCNC(CSc1nnc2n1CCCCC2)C(=O)OC. The van der Waals surface area contributed by atoms with Crippen LogP contribution in [0.25, 0.3) is 0 Å². The van der Waals surface area contributed by atoms with Gasteiger partial charge in [0.15, 0.2) is 5.16 Å². The molecule has 0 bridgehead atoms. The molecule has 1 N–H and O–H groups in total. The molecule has 0 saturated carbocycles. The first kappa shape index (κ1) is 15.3. The lowest BCUT2D eigenvalue weighted by molar-refractivity contribution is -0.142. The summed E-state index contributed by atoms with van der Waals surface area (Å²) in [5, 5.41) is 12.6. The Hall–Kier alpha value is -1.08. The van der Waals surface area contributed by atoms with Crippen LogP contribution in [0.5, 0.6) is 0 Å². The van der Waals surface area contributed by atoms with Crippen LogP contribution in [0.2, 0.25) is 0 Å². The summed E-state index contributed by atoms with van der Waals surface area (Å²) in [6, 6.07) is -0.297. The van der Waals surface area contributed by atoms with Crippen molar-refractivity contribution >= 4 is 17.7 Å². The normalized spacial score (nSPS) is 16.3. The maximum Gasteiger partial charge on any atom is 0.323 e. The highest BCUT2D eigenvalue weighted by molar-refractivity contribution is 7.99. The second-order valence-electron chi connectivity index (χ2n) is 4.81. The fourth-order valence-corrected chi connectivity index (χ4v) is 3.34. The molecule has 1 aliphatic rings. The molecule has 0 aliphatic carbocycles. The van der Waals surface area contributed by atoms with E-state index in [1.807, 2.05) is 6.92 Å². The Morgan fingerprint density at radius 2 is 2.30 bits per heavy atom. The molecule has 1 atom stereocenters. The van der Waals surface area contributed by atoms with Gasteiger partial charge < -0.3 is 14.6 Å². The maximum absolute atomic E-state index is 11.7. The Morgan fingerprint density at radius 1 is 1.45 bits per heavy atom. The highest BCUT2D eigenvalue weighted by Gasteiger charge is 2.21. The lowest BCUT2D eigenvalue weighted by Crippen LogP contribution is -2.39. The summed E-state index contributed by atoms with van der Waals surface area (Å²) < 4.78 is 7.00. The largest absolute Gasteiger partial charge is 0.468 e. The molecule has 0 radical (unpaired) electrons. The monoisotopic (exact) mass is 298 g/mol. The van der Waals surface area contributed by atoms with Crippen molar-refractivity contribution in [3.05, 3.63) is 5.82 Å². The van der Waals surface area contributed by atoms with E-state index in [9.17, 15) is 4.79 Å². The number of aryl methyl sites for hydroxylation is 1. The fraction of sp³-hybridized carbons (Fsp3) is 0.769. The molecule has 112 valence electrons. The summed E-state index contributed by atoms with van der Waals surface area (Å²) in [5.74, 6) is 1.46. The lowest BCUT2D eigenvalue weighted by Gasteiger charge is -2.14. The number of esters is 1. The van der Waals surface area contributed by atoms with E-state index in [4.69, 9.17) is 4.74 Å². The Bertz CT molecular complexity index is 450. The molecule has 20 heavy (non-hydrogen) atoms. The highest BCUT2D eigenvalue weighted by atomic mass is 32.2. The van der Waals surface area contributed by atoms with Gasteiger partial charge in [0, 0.05) is 18.7 Å².